The highest BCUT2D eigenvalue weighted by Gasteiger charge is 2.19. The predicted octanol–water partition coefficient (Wildman–Crippen LogP) is 6.90. The van der Waals surface area contributed by atoms with Crippen molar-refractivity contribution in [3.63, 3.8) is 0 Å². The fraction of sp³-hybridized carbons (Fsp3) is 0.0968. The number of halogens is 2. The third-order valence-corrected chi connectivity index (χ3v) is 7.12. The van der Waals surface area contributed by atoms with E-state index in [9.17, 15) is 18.8 Å². The maximum atomic E-state index is 14.9. The standard InChI is InChI=1S/C31H24BrFN6O3/c1-3-39-27-17-28(38(2)31(42)36-21-12-8-5-9-13-21)34-18-19(27)14-23(29(39)40)22-15-26(25(33)16-24(22)32)37-30(41)35-20-10-6-4-7-11-20/h4,6-8,10-18H,3H2,1-2H3,(H,36,42)(H2,35,37,41). The van der Waals surface area contributed by atoms with Gasteiger partial charge in [-0.05, 0) is 49.4 Å². The number of hydrogen-bond donors (Lipinski definition) is 3. The van der Waals surface area contributed by atoms with E-state index in [4.69, 9.17) is 0 Å². The van der Waals surface area contributed by atoms with Gasteiger partial charge < -0.3 is 20.5 Å². The van der Waals surface area contributed by atoms with Crippen LogP contribution in [0.2, 0.25) is 0 Å². The van der Waals surface area contributed by atoms with E-state index >= 15 is 0 Å². The number of fused-ring (bicyclic) bond motifs is 1. The fourth-order valence-electron chi connectivity index (χ4n) is 4.35. The number of hydrogen-bond acceptors (Lipinski definition) is 4. The first-order valence-corrected chi connectivity index (χ1v) is 13.6. The number of carbonyl (C=O) groups excluding carboxylic acids is 2. The second kappa shape index (κ2) is 12.1. The lowest BCUT2D eigenvalue weighted by Crippen LogP contribution is -2.32. The maximum Gasteiger partial charge on any atom is 0.327 e. The Morgan fingerprint density at radius 3 is 2.50 bits per heavy atom. The van der Waals surface area contributed by atoms with Crippen molar-refractivity contribution in [2.45, 2.75) is 13.5 Å². The van der Waals surface area contributed by atoms with Gasteiger partial charge in [0.05, 0.1) is 16.9 Å². The molecular formula is C31H24BrFN6O3. The van der Waals surface area contributed by atoms with Crippen LogP contribution in [0.15, 0.2) is 88.3 Å². The van der Waals surface area contributed by atoms with E-state index in [2.05, 4.69) is 49.0 Å². The Morgan fingerprint density at radius 2 is 1.79 bits per heavy atom. The number of benzene rings is 2. The number of amides is 4. The third kappa shape index (κ3) is 5.94. The molecule has 0 saturated carbocycles. The average molecular weight is 627 g/mol. The molecule has 5 aromatic rings. The number of para-hydroxylation sites is 1. The van der Waals surface area contributed by atoms with Crippen LogP contribution in [0.3, 0.4) is 0 Å². The first kappa shape index (κ1) is 28.3. The van der Waals surface area contributed by atoms with Crippen molar-refractivity contribution in [3.05, 3.63) is 112 Å². The maximum absolute atomic E-state index is 14.9. The van der Waals surface area contributed by atoms with E-state index in [1.54, 1.807) is 72.4 Å². The molecule has 0 fully saturated rings. The average Bonchev–Trinajstić information content (AvgIpc) is 2.99. The quantitative estimate of drug-likeness (QED) is 0.190. The van der Waals surface area contributed by atoms with Gasteiger partial charge in [-0.2, -0.15) is 0 Å². The van der Waals surface area contributed by atoms with Gasteiger partial charge in [0.15, 0.2) is 0 Å². The lowest BCUT2D eigenvalue weighted by molar-refractivity contribution is 0.257. The van der Waals surface area contributed by atoms with E-state index in [1.165, 1.54) is 17.0 Å². The molecule has 0 bridgehead atoms. The molecule has 2 aromatic heterocycles. The van der Waals surface area contributed by atoms with Crippen LogP contribution in [-0.2, 0) is 6.54 Å². The van der Waals surface area contributed by atoms with E-state index in [1.807, 2.05) is 13.0 Å². The molecular weight excluding hydrogens is 603 g/mol. The summed E-state index contributed by atoms with van der Waals surface area (Å²) in [6.07, 6.45) is 1.57. The van der Waals surface area contributed by atoms with E-state index in [-0.39, 0.29) is 16.8 Å². The molecule has 0 aliphatic rings. The van der Waals surface area contributed by atoms with Gasteiger partial charge in [-0.1, -0.05) is 46.3 Å². The summed E-state index contributed by atoms with van der Waals surface area (Å²) in [4.78, 5) is 44.8. The molecule has 0 aliphatic heterocycles. The molecule has 0 saturated heterocycles. The number of aromatic nitrogens is 2. The molecule has 0 atom stereocenters. The second-order valence-electron chi connectivity index (χ2n) is 9.18. The van der Waals surface area contributed by atoms with Crippen molar-refractivity contribution in [3.8, 4) is 11.1 Å². The molecule has 3 N–H and O–H groups in total. The van der Waals surface area contributed by atoms with Crippen LogP contribution in [-0.4, -0.2) is 28.7 Å². The van der Waals surface area contributed by atoms with E-state index in [0.29, 0.717) is 44.7 Å². The summed E-state index contributed by atoms with van der Waals surface area (Å²) < 4.78 is 16.7. The Morgan fingerprint density at radius 1 is 1.00 bits per heavy atom. The van der Waals surface area contributed by atoms with Gasteiger partial charge in [-0.25, -0.2) is 19.0 Å². The van der Waals surface area contributed by atoms with Crippen LogP contribution >= 0.6 is 15.9 Å². The first-order chi connectivity index (χ1) is 20.2. The molecule has 3 aromatic carbocycles. The molecule has 0 radical (unpaired) electrons. The predicted molar refractivity (Wildman–Crippen MR) is 165 cm³/mol. The SMILES string of the molecule is CCn1c(=O)c(-c2cc(NC(=O)Nc3ccccc3)c(F)cc2Br)cc2cnc(N(C)C(=O)Nc3cc#ccc3)cc21. The van der Waals surface area contributed by atoms with Crippen molar-refractivity contribution in [2.24, 2.45) is 0 Å². The van der Waals surface area contributed by atoms with Crippen LogP contribution < -0.4 is 26.4 Å². The van der Waals surface area contributed by atoms with Gasteiger partial charge in [0.25, 0.3) is 5.56 Å². The number of carbonyl (C=O) groups is 2. The van der Waals surface area contributed by atoms with Crippen LogP contribution in [0.4, 0.5) is 36.9 Å². The van der Waals surface area contributed by atoms with Crippen molar-refractivity contribution >= 4 is 61.8 Å². The van der Waals surface area contributed by atoms with Gasteiger partial charge in [0, 0.05) is 58.6 Å². The van der Waals surface area contributed by atoms with Gasteiger partial charge >= 0.3 is 12.1 Å². The molecule has 4 amide bonds. The van der Waals surface area contributed by atoms with Crippen LogP contribution in [0, 0.1) is 17.9 Å². The highest BCUT2D eigenvalue weighted by Crippen LogP contribution is 2.33. The lowest BCUT2D eigenvalue weighted by Gasteiger charge is -2.19. The van der Waals surface area contributed by atoms with E-state index in [0.717, 1.165) is 0 Å². The zero-order valence-corrected chi connectivity index (χ0v) is 24.1. The largest absolute Gasteiger partial charge is 0.327 e. The third-order valence-electron chi connectivity index (χ3n) is 6.46. The van der Waals surface area contributed by atoms with Gasteiger partial charge in [0.2, 0.25) is 0 Å². The topological polar surface area (TPSA) is 108 Å². The number of urea groups is 2. The van der Waals surface area contributed by atoms with Gasteiger partial charge in [-0.3, -0.25) is 9.69 Å². The summed E-state index contributed by atoms with van der Waals surface area (Å²) in [5.74, 6) is -0.343. The van der Waals surface area contributed by atoms with Crippen LogP contribution in [0.5, 0.6) is 0 Å². The summed E-state index contributed by atoms with van der Waals surface area (Å²) in [5.41, 5.74) is 1.89. The highest BCUT2D eigenvalue weighted by molar-refractivity contribution is 9.10. The summed E-state index contributed by atoms with van der Waals surface area (Å²) in [6, 6.07) is 24.1. The molecule has 42 heavy (non-hydrogen) atoms. The smallest absolute Gasteiger partial charge is 0.308 e. The van der Waals surface area contributed by atoms with Crippen molar-refractivity contribution in [1.29, 1.82) is 0 Å². The summed E-state index contributed by atoms with van der Waals surface area (Å²) >= 11 is 3.37. The highest BCUT2D eigenvalue weighted by atomic mass is 79.9. The number of aryl methyl sites for hydroxylation is 1. The first-order valence-electron chi connectivity index (χ1n) is 12.8. The zero-order chi connectivity index (χ0) is 29.8. The zero-order valence-electron chi connectivity index (χ0n) is 22.5. The Bertz CT molecular complexity index is 1850. The minimum atomic E-state index is -0.676. The molecule has 5 rings (SSSR count). The number of nitrogens with zero attached hydrogens (tertiary/aromatic N) is 3. The van der Waals surface area contributed by atoms with Gasteiger partial charge in [-0.15, -0.1) is 0 Å². The summed E-state index contributed by atoms with van der Waals surface area (Å²) in [5, 5.41) is 8.55. The monoisotopic (exact) mass is 626 g/mol. The van der Waals surface area contributed by atoms with Crippen molar-refractivity contribution in [1.82, 2.24) is 9.55 Å². The van der Waals surface area contributed by atoms with Crippen molar-refractivity contribution < 1.29 is 14.0 Å². The summed E-state index contributed by atoms with van der Waals surface area (Å²) in [6.45, 7) is 2.15. The van der Waals surface area contributed by atoms with Gasteiger partial charge in [0.1, 0.15) is 11.6 Å². The molecule has 0 aliphatic carbocycles. The number of pyridine rings is 2. The number of nitrogens with one attached hydrogen (secondary N) is 3. The lowest BCUT2D eigenvalue weighted by atomic mass is 10.0. The van der Waals surface area contributed by atoms with Crippen LogP contribution in [0.1, 0.15) is 6.92 Å². The van der Waals surface area contributed by atoms with E-state index < -0.39 is 17.9 Å². The Hall–Kier alpha value is -5.21. The van der Waals surface area contributed by atoms with Crippen molar-refractivity contribution in [2.75, 3.05) is 27.9 Å². The molecule has 9 nitrogen and oxygen atoms in total. The number of rotatable bonds is 6. The number of anilines is 4. The minimum absolute atomic E-state index is 0.0980. The molecule has 11 heteroatoms. The Kier molecular flexibility index (Phi) is 8.17. The normalized spacial score (nSPS) is 10.6. The molecule has 2 heterocycles. The fourth-order valence-corrected chi connectivity index (χ4v) is 4.87. The molecule has 210 valence electrons. The second-order valence-corrected chi connectivity index (χ2v) is 10.0. The Labute approximate surface area is 249 Å². The molecule has 0 unspecified atom stereocenters. The van der Waals surface area contributed by atoms with Crippen LogP contribution in [0.25, 0.3) is 22.0 Å². The minimum Gasteiger partial charge on any atom is -0.308 e. The summed E-state index contributed by atoms with van der Waals surface area (Å²) in [7, 11) is 1.57. The molecule has 0 spiro atoms. The Balaban J connectivity index is 1.48.